The second kappa shape index (κ2) is 6.57. The Bertz CT molecular complexity index is 1020. The quantitative estimate of drug-likeness (QED) is 0.565. The fourth-order valence-corrected chi connectivity index (χ4v) is 2.56. The molecule has 2 aromatic carbocycles. The van der Waals surface area contributed by atoms with Crippen molar-refractivity contribution in [2.45, 2.75) is 0 Å². The van der Waals surface area contributed by atoms with Crippen LogP contribution in [0.5, 0.6) is 5.75 Å². The zero-order valence-corrected chi connectivity index (χ0v) is 13.7. The molecule has 0 unspecified atom stereocenters. The average molecular weight is 328 g/mol. The van der Waals surface area contributed by atoms with Gasteiger partial charge in [-0.25, -0.2) is 4.98 Å². The summed E-state index contributed by atoms with van der Waals surface area (Å²) in [6.07, 6.45) is 5.37. The maximum atomic E-state index is 5.16. The van der Waals surface area contributed by atoms with Gasteiger partial charge in [-0.1, -0.05) is 0 Å². The smallest absolute Gasteiger partial charge is 0.140 e. The van der Waals surface area contributed by atoms with Crippen LogP contribution in [0.25, 0.3) is 22.4 Å². The zero-order chi connectivity index (χ0) is 17.1. The number of pyridine rings is 1. The molecule has 2 aromatic heterocycles. The molecule has 4 aromatic rings. The molecule has 0 aliphatic carbocycles. The van der Waals surface area contributed by atoms with E-state index in [4.69, 9.17) is 4.74 Å². The highest BCUT2D eigenvalue weighted by molar-refractivity contribution is 5.85. The summed E-state index contributed by atoms with van der Waals surface area (Å²) in [5.41, 5.74) is 4.69. The van der Waals surface area contributed by atoms with Crippen molar-refractivity contribution in [2.75, 3.05) is 7.11 Å². The first-order valence-electron chi connectivity index (χ1n) is 7.90. The minimum Gasteiger partial charge on any atom is -0.497 e. The number of rotatable bonds is 4. The van der Waals surface area contributed by atoms with Crippen molar-refractivity contribution in [3.05, 3.63) is 72.6 Å². The Morgan fingerprint density at radius 1 is 1.08 bits per heavy atom. The predicted octanol–water partition coefficient (Wildman–Crippen LogP) is 4.38. The maximum absolute atomic E-state index is 5.16. The van der Waals surface area contributed by atoms with E-state index in [1.807, 2.05) is 60.8 Å². The Morgan fingerprint density at radius 2 is 1.96 bits per heavy atom. The predicted molar refractivity (Wildman–Crippen MR) is 99.6 cm³/mol. The number of aromatic amines is 1. The number of nitrogens with zero attached hydrogens (tertiary/aromatic N) is 3. The van der Waals surface area contributed by atoms with Gasteiger partial charge in [0.2, 0.25) is 0 Å². The van der Waals surface area contributed by atoms with E-state index in [1.165, 1.54) is 0 Å². The Kier molecular flexibility index (Phi) is 3.96. The summed E-state index contributed by atoms with van der Waals surface area (Å²) >= 11 is 0. The normalized spacial score (nSPS) is 11.2. The van der Waals surface area contributed by atoms with Gasteiger partial charge in [-0.3, -0.25) is 9.98 Å². The molecule has 0 saturated heterocycles. The Morgan fingerprint density at radius 3 is 2.72 bits per heavy atom. The van der Waals surface area contributed by atoms with Crippen molar-refractivity contribution < 1.29 is 4.74 Å². The average Bonchev–Trinajstić information content (AvgIpc) is 3.11. The third-order valence-electron chi connectivity index (χ3n) is 3.88. The molecule has 5 nitrogen and oxygen atoms in total. The molecule has 0 radical (unpaired) electrons. The summed E-state index contributed by atoms with van der Waals surface area (Å²) in [5, 5.41) is 0. The number of ether oxygens (including phenoxy) is 1. The van der Waals surface area contributed by atoms with E-state index < -0.39 is 0 Å². The lowest BCUT2D eigenvalue weighted by atomic mass is 10.2. The van der Waals surface area contributed by atoms with Crippen LogP contribution in [0.1, 0.15) is 5.56 Å². The number of H-pyrrole nitrogens is 1. The molecular formula is C20H16N4O. The highest BCUT2D eigenvalue weighted by Gasteiger charge is 2.05. The first-order valence-corrected chi connectivity index (χ1v) is 7.90. The van der Waals surface area contributed by atoms with Gasteiger partial charge in [0.1, 0.15) is 11.6 Å². The van der Waals surface area contributed by atoms with Crippen LogP contribution < -0.4 is 4.74 Å². The van der Waals surface area contributed by atoms with Crippen molar-refractivity contribution in [3.63, 3.8) is 0 Å². The van der Waals surface area contributed by atoms with E-state index in [2.05, 4.69) is 19.9 Å². The molecule has 0 fully saturated rings. The largest absolute Gasteiger partial charge is 0.497 e. The van der Waals surface area contributed by atoms with Gasteiger partial charge < -0.3 is 9.72 Å². The standard InChI is InChI=1S/C20H16N4O/c1-25-17-7-4-14(5-8-17)12-22-16-6-9-18-19(11-16)24-20(23-18)15-3-2-10-21-13-15/h2-13H,1H3,(H,23,24). The van der Waals surface area contributed by atoms with Gasteiger partial charge in [0.05, 0.1) is 23.8 Å². The highest BCUT2D eigenvalue weighted by atomic mass is 16.5. The lowest BCUT2D eigenvalue weighted by Crippen LogP contribution is -1.84. The summed E-state index contributed by atoms with van der Waals surface area (Å²) in [7, 11) is 1.66. The molecule has 0 atom stereocenters. The van der Waals surface area contributed by atoms with Gasteiger partial charge in [0, 0.05) is 24.2 Å². The van der Waals surface area contributed by atoms with Crippen LogP contribution in [0.4, 0.5) is 5.69 Å². The van der Waals surface area contributed by atoms with Gasteiger partial charge in [-0.2, -0.15) is 0 Å². The van der Waals surface area contributed by atoms with Crippen molar-refractivity contribution in [1.29, 1.82) is 0 Å². The van der Waals surface area contributed by atoms with Crippen molar-refractivity contribution in [1.82, 2.24) is 15.0 Å². The molecule has 4 rings (SSSR count). The monoisotopic (exact) mass is 328 g/mol. The molecule has 0 aliphatic rings. The minimum absolute atomic E-state index is 0.805. The summed E-state index contributed by atoms with van der Waals surface area (Å²) < 4.78 is 5.16. The lowest BCUT2D eigenvalue weighted by molar-refractivity contribution is 0.415. The zero-order valence-electron chi connectivity index (χ0n) is 13.7. The van der Waals surface area contributed by atoms with Crippen molar-refractivity contribution in [2.24, 2.45) is 4.99 Å². The van der Waals surface area contributed by atoms with Gasteiger partial charge in [0.15, 0.2) is 0 Å². The molecule has 0 amide bonds. The number of aromatic nitrogens is 3. The summed E-state index contributed by atoms with van der Waals surface area (Å²) in [6, 6.07) is 17.6. The molecule has 25 heavy (non-hydrogen) atoms. The summed E-state index contributed by atoms with van der Waals surface area (Å²) in [5.74, 6) is 1.64. The SMILES string of the molecule is COc1ccc(C=Nc2ccc3nc(-c4cccnc4)[nH]c3c2)cc1. The van der Waals surface area contributed by atoms with Crippen LogP contribution in [0.15, 0.2) is 72.0 Å². The third-order valence-corrected chi connectivity index (χ3v) is 3.88. The number of hydrogen-bond donors (Lipinski definition) is 1. The first kappa shape index (κ1) is 15.1. The number of nitrogens with one attached hydrogen (secondary N) is 1. The second-order valence-electron chi connectivity index (χ2n) is 5.56. The highest BCUT2D eigenvalue weighted by Crippen LogP contribution is 2.23. The van der Waals surface area contributed by atoms with E-state index in [9.17, 15) is 0 Å². The molecule has 0 saturated carbocycles. The van der Waals surface area contributed by atoms with Gasteiger partial charge in [0.25, 0.3) is 0 Å². The van der Waals surface area contributed by atoms with Crippen molar-refractivity contribution in [3.8, 4) is 17.1 Å². The summed E-state index contributed by atoms with van der Waals surface area (Å²) in [4.78, 5) is 16.6. The number of hydrogen-bond acceptors (Lipinski definition) is 4. The fourth-order valence-electron chi connectivity index (χ4n) is 2.56. The molecule has 1 N–H and O–H groups in total. The number of aliphatic imine (C=N–C) groups is 1. The third kappa shape index (κ3) is 3.26. The maximum Gasteiger partial charge on any atom is 0.140 e. The van der Waals surface area contributed by atoms with Crippen molar-refractivity contribution >= 4 is 22.9 Å². The van der Waals surface area contributed by atoms with Crippen LogP contribution >= 0.6 is 0 Å². The van der Waals surface area contributed by atoms with E-state index in [-0.39, 0.29) is 0 Å². The Hall–Kier alpha value is -3.47. The lowest BCUT2D eigenvalue weighted by Gasteiger charge is -1.99. The Labute approximate surface area is 145 Å². The number of imidazole rings is 1. The second-order valence-corrected chi connectivity index (χ2v) is 5.56. The van der Waals surface area contributed by atoms with E-state index in [0.717, 1.165) is 39.4 Å². The van der Waals surface area contributed by atoms with Crippen LogP contribution in [-0.4, -0.2) is 28.3 Å². The van der Waals surface area contributed by atoms with Crippen LogP contribution in [-0.2, 0) is 0 Å². The van der Waals surface area contributed by atoms with Gasteiger partial charge >= 0.3 is 0 Å². The minimum atomic E-state index is 0.805. The molecule has 5 heteroatoms. The topological polar surface area (TPSA) is 63.2 Å². The molecule has 122 valence electrons. The summed E-state index contributed by atoms with van der Waals surface area (Å²) in [6.45, 7) is 0. The van der Waals surface area contributed by atoms with Gasteiger partial charge in [-0.05, 0) is 60.2 Å². The number of methoxy groups -OCH3 is 1. The van der Waals surface area contributed by atoms with E-state index in [0.29, 0.717) is 0 Å². The van der Waals surface area contributed by atoms with Crippen LogP contribution in [0.2, 0.25) is 0 Å². The van der Waals surface area contributed by atoms with Crippen LogP contribution in [0.3, 0.4) is 0 Å². The van der Waals surface area contributed by atoms with E-state index >= 15 is 0 Å². The molecule has 0 bridgehead atoms. The van der Waals surface area contributed by atoms with Gasteiger partial charge in [-0.15, -0.1) is 0 Å². The molecule has 2 heterocycles. The molecule has 0 aliphatic heterocycles. The number of benzene rings is 2. The molecular weight excluding hydrogens is 312 g/mol. The van der Waals surface area contributed by atoms with E-state index in [1.54, 1.807) is 19.5 Å². The van der Waals surface area contributed by atoms with Crippen LogP contribution in [0, 0.1) is 0 Å². The first-order chi connectivity index (χ1) is 12.3. The fraction of sp³-hybridized carbons (Fsp3) is 0.0500. The Balaban J connectivity index is 1.61. The number of fused-ring (bicyclic) bond motifs is 1. The molecule has 0 spiro atoms.